The van der Waals surface area contributed by atoms with Crippen molar-refractivity contribution < 1.29 is 23.0 Å². The molecule has 5 nitrogen and oxygen atoms in total. The number of nitrogens with two attached hydrogens (primary N) is 1. The molecule has 2 N–H and O–H groups in total. The second-order valence-electron chi connectivity index (χ2n) is 5.29. The molecule has 0 saturated carbocycles. The number of hydrogen-bond donors (Lipinski definition) is 1. The smallest absolute Gasteiger partial charge is 0.257 e. The van der Waals surface area contributed by atoms with Crippen molar-refractivity contribution in [3.05, 3.63) is 29.3 Å². The lowest BCUT2D eigenvalue weighted by molar-refractivity contribution is -0.183. The molecule has 2 aliphatic heterocycles. The van der Waals surface area contributed by atoms with Gasteiger partial charge in [-0.05, 0) is 18.6 Å². The van der Waals surface area contributed by atoms with Gasteiger partial charge in [0.15, 0.2) is 11.6 Å². The van der Waals surface area contributed by atoms with Crippen LogP contribution in [0.25, 0.3) is 0 Å². The molecule has 0 bridgehead atoms. The first-order valence-electron chi connectivity index (χ1n) is 6.82. The zero-order valence-electron chi connectivity index (χ0n) is 11.4. The maximum absolute atomic E-state index is 14.0. The van der Waals surface area contributed by atoms with Gasteiger partial charge in [-0.1, -0.05) is 0 Å². The van der Waals surface area contributed by atoms with Crippen LogP contribution in [0.1, 0.15) is 23.2 Å². The van der Waals surface area contributed by atoms with E-state index in [1.54, 1.807) is 0 Å². The van der Waals surface area contributed by atoms with E-state index in [0.29, 0.717) is 32.6 Å². The van der Waals surface area contributed by atoms with E-state index in [-0.39, 0.29) is 17.8 Å². The molecular formula is C14H16F2N2O3. The molecule has 21 heavy (non-hydrogen) atoms. The minimum atomic E-state index is -0.894. The first kappa shape index (κ1) is 14.2. The van der Waals surface area contributed by atoms with Crippen LogP contribution >= 0.6 is 0 Å². The minimum absolute atomic E-state index is 0.210. The highest BCUT2D eigenvalue weighted by atomic mass is 19.1. The van der Waals surface area contributed by atoms with E-state index in [1.807, 2.05) is 0 Å². The van der Waals surface area contributed by atoms with E-state index in [4.69, 9.17) is 15.2 Å². The van der Waals surface area contributed by atoms with E-state index >= 15 is 0 Å². The quantitative estimate of drug-likeness (QED) is 0.799. The molecular weight excluding hydrogens is 282 g/mol. The lowest BCUT2D eigenvalue weighted by Gasteiger charge is -2.38. The highest BCUT2D eigenvalue weighted by Crippen LogP contribution is 2.31. The van der Waals surface area contributed by atoms with E-state index in [2.05, 4.69) is 0 Å². The number of anilines is 1. The molecule has 0 radical (unpaired) electrons. The third-order valence-electron chi connectivity index (χ3n) is 3.81. The standard InChI is InChI=1S/C14H16F2N2O3/c15-9-6-10(12(16)11(17)7-9)13(19)18-3-1-2-14(8-18)20-4-5-21-14/h6-7H,1-5,8,17H2. The molecule has 0 aromatic heterocycles. The predicted molar refractivity (Wildman–Crippen MR) is 70.5 cm³/mol. The highest BCUT2D eigenvalue weighted by Gasteiger charge is 2.42. The lowest BCUT2D eigenvalue weighted by atomic mass is 10.0. The van der Waals surface area contributed by atoms with Crippen LogP contribution in [-0.2, 0) is 9.47 Å². The van der Waals surface area contributed by atoms with Gasteiger partial charge < -0.3 is 20.1 Å². The summed E-state index contributed by atoms with van der Waals surface area (Å²) in [5.74, 6) is -3.04. The number of benzene rings is 1. The molecule has 2 saturated heterocycles. The van der Waals surface area contributed by atoms with Crippen molar-refractivity contribution in [3.63, 3.8) is 0 Å². The average Bonchev–Trinajstić information content (AvgIpc) is 2.90. The van der Waals surface area contributed by atoms with Gasteiger partial charge >= 0.3 is 0 Å². The van der Waals surface area contributed by atoms with Gasteiger partial charge in [0, 0.05) is 13.0 Å². The fourth-order valence-corrected chi connectivity index (χ4v) is 2.83. The topological polar surface area (TPSA) is 64.8 Å². The number of rotatable bonds is 1. The zero-order chi connectivity index (χ0) is 15.0. The van der Waals surface area contributed by atoms with Crippen LogP contribution in [0.4, 0.5) is 14.5 Å². The van der Waals surface area contributed by atoms with Gasteiger partial charge in [-0.3, -0.25) is 4.79 Å². The summed E-state index contributed by atoms with van der Waals surface area (Å²) >= 11 is 0. The lowest BCUT2D eigenvalue weighted by Crippen LogP contribution is -2.51. The summed E-state index contributed by atoms with van der Waals surface area (Å²) in [4.78, 5) is 13.8. The Kier molecular flexibility index (Phi) is 3.54. The third kappa shape index (κ3) is 2.58. The Morgan fingerprint density at radius 2 is 2.00 bits per heavy atom. The molecule has 1 spiro atoms. The van der Waals surface area contributed by atoms with Crippen molar-refractivity contribution in [2.24, 2.45) is 0 Å². The van der Waals surface area contributed by atoms with E-state index < -0.39 is 23.3 Å². The van der Waals surface area contributed by atoms with Gasteiger partial charge in [-0.2, -0.15) is 0 Å². The van der Waals surface area contributed by atoms with Gasteiger partial charge in [-0.25, -0.2) is 8.78 Å². The molecule has 0 aliphatic carbocycles. The molecule has 114 valence electrons. The monoisotopic (exact) mass is 298 g/mol. The summed E-state index contributed by atoms with van der Waals surface area (Å²) in [5, 5.41) is 0. The van der Waals surface area contributed by atoms with E-state index in [9.17, 15) is 13.6 Å². The number of nitrogen functional groups attached to an aromatic ring is 1. The Morgan fingerprint density at radius 1 is 1.29 bits per heavy atom. The van der Waals surface area contributed by atoms with Gasteiger partial charge in [0.2, 0.25) is 0 Å². The third-order valence-corrected chi connectivity index (χ3v) is 3.81. The summed E-state index contributed by atoms with van der Waals surface area (Å²) in [6.45, 7) is 1.61. The Bertz CT molecular complexity index is 574. The molecule has 2 aliphatic rings. The summed E-state index contributed by atoms with van der Waals surface area (Å²) in [6, 6.07) is 1.72. The maximum Gasteiger partial charge on any atom is 0.257 e. The van der Waals surface area contributed by atoms with Crippen LogP contribution < -0.4 is 5.73 Å². The second-order valence-corrected chi connectivity index (χ2v) is 5.29. The SMILES string of the molecule is Nc1cc(F)cc(C(=O)N2CCCC3(C2)OCCO3)c1F. The highest BCUT2D eigenvalue weighted by molar-refractivity contribution is 5.95. The van der Waals surface area contributed by atoms with Crippen molar-refractivity contribution in [2.75, 3.05) is 32.0 Å². The maximum atomic E-state index is 14.0. The molecule has 1 amide bonds. The number of nitrogens with zero attached hydrogens (tertiary/aromatic N) is 1. The molecule has 0 unspecified atom stereocenters. The number of ether oxygens (including phenoxy) is 2. The van der Waals surface area contributed by atoms with Crippen LogP contribution in [0, 0.1) is 11.6 Å². The van der Waals surface area contributed by atoms with Gasteiger partial charge in [-0.15, -0.1) is 0 Å². The summed E-state index contributed by atoms with van der Waals surface area (Å²) < 4.78 is 38.5. The molecule has 3 rings (SSSR count). The van der Waals surface area contributed by atoms with Crippen LogP contribution in [0.5, 0.6) is 0 Å². The summed E-state index contributed by atoms with van der Waals surface area (Å²) in [7, 11) is 0. The van der Waals surface area contributed by atoms with Crippen molar-refractivity contribution in [1.29, 1.82) is 0 Å². The largest absolute Gasteiger partial charge is 0.396 e. The van der Waals surface area contributed by atoms with Crippen LogP contribution in [0.2, 0.25) is 0 Å². The average molecular weight is 298 g/mol. The van der Waals surface area contributed by atoms with Crippen LogP contribution in [0.3, 0.4) is 0 Å². The number of carbonyl (C=O) groups excluding carboxylic acids is 1. The number of amides is 1. The molecule has 0 atom stereocenters. The first-order valence-corrected chi connectivity index (χ1v) is 6.82. The first-order chi connectivity index (χ1) is 10.0. The van der Waals surface area contributed by atoms with Crippen LogP contribution in [0.15, 0.2) is 12.1 Å². The molecule has 1 aromatic carbocycles. The zero-order valence-corrected chi connectivity index (χ0v) is 11.4. The fourth-order valence-electron chi connectivity index (χ4n) is 2.83. The van der Waals surface area contributed by atoms with E-state index in [1.165, 1.54) is 4.90 Å². The molecule has 2 fully saturated rings. The molecule has 7 heteroatoms. The second kappa shape index (κ2) is 5.23. The summed E-state index contributed by atoms with van der Waals surface area (Å²) in [6.07, 6.45) is 1.36. The Labute approximate surface area is 120 Å². The number of likely N-dealkylation sites (tertiary alicyclic amines) is 1. The van der Waals surface area contributed by atoms with E-state index in [0.717, 1.165) is 12.1 Å². The van der Waals surface area contributed by atoms with Crippen molar-refractivity contribution in [1.82, 2.24) is 4.90 Å². The van der Waals surface area contributed by atoms with Crippen LogP contribution in [-0.4, -0.2) is 42.9 Å². The van der Waals surface area contributed by atoms with Crippen molar-refractivity contribution >= 4 is 11.6 Å². The normalized spacial score (nSPS) is 21.0. The molecule has 2 heterocycles. The number of piperidine rings is 1. The van der Waals surface area contributed by atoms with Crippen molar-refractivity contribution in [3.8, 4) is 0 Å². The Morgan fingerprint density at radius 3 is 2.71 bits per heavy atom. The predicted octanol–water partition coefficient (Wildman–Crippen LogP) is 1.53. The number of hydrogen-bond acceptors (Lipinski definition) is 4. The minimum Gasteiger partial charge on any atom is -0.396 e. The Hall–Kier alpha value is -1.73. The molecule has 1 aromatic rings. The summed E-state index contributed by atoms with van der Waals surface area (Å²) in [5.41, 5.74) is 4.63. The number of halogens is 2. The van der Waals surface area contributed by atoms with Gasteiger partial charge in [0.25, 0.3) is 5.91 Å². The fraction of sp³-hybridized carbons (Fsp3) is 0.500. The Balaban J connectivity index is 1.85. The number of carbonyl (C=O) groups is 1. The van der Waals surface area contributed by atoms with Crippen molar-refractivity contribution in [2.45, 2.75) is 18.6 Å². The van der Waals surface area contributed by atoms with Gasteiger partial charge in [0.05, 0.1) is 31.0 Å². The van der Waals surface area contributed by atoms with Gasteiger partial charge in [0.1, 0.15) is 5.82 Å².